The van der Waals surface area contributed by atoms with E-state index in [1.54, 1.807) is 18.9 Å². The molecular weight excluding hydrogens is 300 g/mol. The number of anilines is 1. The first kappa shape index (κ1) is 15.2. The maximum Gasteiger partial charge on any atom is 0.220 e. The number of likely N-dealkylation sites (tertiary alicyclic amines) is 1. The fourth-order valence-electron chi connectivity index (χ4n) is 2.16. The van der Waals surface area contributed by atoms with Crippen LogP contribution in [0.3, 0.4) is 0 Å². The summed E-state index contributed by atoms with van der Waals surface area (Å²) in [6, 6.07) is 0. The molecule has 1 saturated heterocycles. The van der Waals surface area contributed by atoms with Gasteiger partial charge in [-0.2, -0.15) is 0 Å². The molecule has 0 spiro atoms. The predicted molar refractivity (Wildman–Crippen MR) is 78.3 cm³/mol. The SMILES string of the molecule is CNc1nc(S(=O)C2CCN(C(C)=O)CC2)ncc1Cl. The first-order valence-corrected chi connectivity index (χ1v) is 7.98. The van der Waals surface area contributed by atoms with E-state index in [1.807, 2.05) is 0 Å². The van der Waals surface area contributed by atoms with Crippen molar-refractivity contribution in [2.24, 2.45) is 0 Å². The van der Waals surface area contributed by atoms with Gasteiger partial charge in [-0.05, 0) is 12.8 Å². The van der Waals surface area contributed by atoms with Gasteiger partial charge in [0.05, 0.1) is 17.0 Å². The molecule has 2 rings (SSSR count). The molecule has 1 amide bonds. The minimum absolute atomic E-state index is 0.0171. The lowest BCUT2D eigenvalue weighted by Gasteiger charge is -2.30. The average molecular weight is 317 g/mol. The van der Waals surface area contributed by atoms with E-state index in [0.717, 1.165) is 0 Å². The predicted octanol–water partition coefficient (Wildman–Crippen LogP) is 1.29. The molecule has 1 atom stereocenters. The highest BCUT2D eigenvalue weighted by Gasteiger charge is 2.27. The van der Waals surface area contributed by atoms with Crippen molar-refractivity contribution in [2.45, 2.75) is 30.2 Å². The summed E-state index contributed by atoms with van der Waals surface area (Å²) in [5, 5.41) is 3.52. The zero-order valence-electron chi connectivity index (χ0n) is 11.4. The van der Waals surface area contributed by atoms with E-state index in [2.05, 4.69) is 15.3 Å². The van der Waals surface area contributed by atoms with Crippen molar-refractivity contribution >= 4 is 34.1 Å². The molecule has 0 bridgehead atoms. The van der Waals surface area contributed by atoms with Crippen LogP contribution in [0.5, 0.6) is 0 Å². The van der Waals surface area contributed by atoms with Crippen molar-refractivity contribution in [2.75, 3.05) is 25.5 Å². The van der Waals surface area contributed by atoms with E-state index in [0.29, 0.717) is 41.9 Å². The van der Waals surface area contributed by atoms with Gasteiger partial charge >= 0.3 is 0 Å². The maximum absolute atomic E-state index is 12.5. The number of carbonyl (C=O) groups is 1. The van der Waals surface area contributed by atoms with E-state index in [9.17, 15) is 9.00 Å². The highest BCUT2D eigenvalue weighted by Crippen LogP contribution is 2.22. The number of nitrogens with one attached hydrogen (secondary N) is 1. The molecule has 0 radical (unpaired) electrons. The first-order chi connectivity index (χ1) is 9.52. The number of piperidine rings is 1. The van der Waals surface area contributed by atoms with Crippen molar-refractivity contribution < 1.29 is 9.00 Å². The van der Waals surface area contributed by atoms with Gasteiger partial charge in [-0.3, -0.25) is 9.00 Å². The van der Waals surface area contributed by atoms with Gasteiger partial charge in [0.2, 0.25) is 11.1 Å². The Kier molecular flexibility index (Phi) is 4.93. The Labute approximate surface area is 125 Å². The van der Waals surface area contributed by atoms with E-state index in [-0.39, 0.29) is 11.2 Å². The number of rotatable bonds is 3. The summed E-state index contributed by atoms with van der Waals surface area (Å²) in [5.74, 6) is 0.542. The Balaban J connectivity index is 2.07. The molecule has 0 aliphatic carbocycles. The third-order valence-corrected chi connectivity index (χ3v) is 5.24. The number of hydrogen-bond acceptors (Lipinski definition) is 5. The van der Waals surface area contributed by atoms with Gasteiger partial charge in [-0.15, -0.1) is 0 Å². The molecule has 1 unspecified atom stereocenters. The summed E-state index contributed by atoms with van der Waals surface area (Å²) in [4.78, 5) is 21.3. The number of amides is 1. The highest BCUT2D eigenvalue weighted by atomic mass is 35.5. The molecule has 1 aliphatic heterocycles. The summed E-state index contributed by atoms with van der Waals surface area (Å²) in [7, 11) is 0.424. The molecule has 1 N–H and O–H groups in total. The van der Waals surface area contributed by atoms with Gasteiger partial charge in [0.25, 0.3) is 0 Å². The molecule has 20 heavy (non-hydrogen) atoms. The van der Waals surface area contributed by atoms with Gasteiger partial charge in [-0.25, -0.2) is 9.97 Å². The second kappa shape index (κ2) is 6.49. The number of hydrogen-bond donors (Lipinski definition) is 1. The lowest BCUT2D eigenvalue weighted by Crippen LogP contribution is -2.40. The third kappa shape index (κ3) is 3.27. The largest absolute Gasteiger partial charge is 0.372 e. The van der Waals surface area contributed by atoms with Crippen LogP contribution in [0, 0.1) is 0 Å². The maximum atomic E-state index is 12.5. The van der Waals surface area contributed by atoms with Gasteiger partial charge in [0, 0.05) is 32.3 Å². The van der Waals surface area contributed by atoms with Gasteiger partial charge < -0.3 is 10.2 Å². The van der Waals surface area contributed by atoms with Gasteiger partial charge in [-0.1, -0.05) is 11.6 Å². The van der Waals surface area contributed by atoms with Crippen LogP contribution in [0.4, 0.5) is 5.82 Å². The van der Waals surface area contributed by atoms with Gasteiger partial charge in [0.15, 0.2) is 0 Å². The van der Waals surface area contributed by atoms with Crippen molar-refractivity contribution in [1.82, 2.24) is 14.9 Å². The second-order valence-electron chi connectivity index (χ2n) is 4.60. The highest BCUT2D eigenvalue weighted by molar-refractivity contribution is 7.85. The van der Waals surface area contributed by atoms with Crippen LogP contribution in [0.25, 0.3) is 0 Å². The van der Waals surface area contributed by atoms with Crippen LogP contribution in [0.15, 0.2) is 11.4 Å². The lowest BCUT2D eigenvalue weighted by molar-refractivity contribution is -0.129. The molecule has 8 heteroatoms. The van der Waals surface area contributed by atoms with Crippen molar-refractivity contribution in [3.63, 3.8) is 0 Å². The molecule has 2 heterocycles. The number of nitrogens with zero attached hydrogens (tertiary/aromatic N) is 3. The van der Waals surface area contributed by atoms with Crippen LogP contribution in [0.1, 0.15) is 19.8 Å². The van der Waals surface area contributed by atoms with Crippen LogP contribution in [0.2, 0.25) is 5.02 Å². The van der Waals surface area contributed by atoms with Crippen molar-refractivity contribution in [3.8, 4) is 0 Å². The van der Waals surface area contributed by atoms with Crippen molar-refractivity contribution in [1.29, 1.82) is 0 Å². The van der Waals surface area contributed by atoms with E-state index < -0.39 is 10.8 Å². The molecule has 1 aromatic heterocycles. The van der Waals surface area contributed by atoms with Crippen LogP contribution in [-0.2, 0) is 15.6 Å². The van der Waals surface area contributed by atoms with Crippen LogP contribution < -0.4 is 5.32 Å². The van der Waals surface area contributed by atoms with Gasteiger partial charge in [0.1, 0.15) is 10.8 Å². The summed E-state index contributed by atoms with van der Waals surface area (Å²) in [6.45, 7) is 2.83. The standard InChI is InChI=1S/C12H17ClN4O2S/c1-8(18)17-5-3-9(4-6-17)20(19)12-15-7-10(13)11(14-2)16-12/h7,9H,3-6H2,1-2H3,(H,14,15,16). The minimum Gasteiger partial charge on any atom is -0.372 e. The second-order valence-corrected chi connectivity index (χ2v) is 6.64. The van der Waals surface area contributed by atoms with E-state index in [4.69, 9.17) is 11.6 Å². The summed E-state index contributed by atoms with van der Waals surface area (Å²) in [5.41, 5.74) is 0. The Morgan fingerprint density at radius 2 is 2.15 bits per heavy atom. The normalized spacial score (nSPS) is 17.9. The van der Waals surface area contributed by atoms with Crippen LogP contribution in [-0.4, -0.2) is 50.4 Å². The number of carbonyl (C=O) groups excluding carboxylic acids is 1. The molecule has 1 aromatic rings. The average Bonchev–Trinajstić information content (AvgIpc) is 2.47. The zero-order valence-corrected chi connectivity index (χ0v) is 13.0. The minimum atomic E-state index is -1.28. The van der Waals surface area contributed by atoms with E-state index in [1.165, 1.54) is 6.20 Å². The first-order valence-electron chi connectivity index (χ1n) is 6.39. The Morgan fingerprint density at radius 1 is 1.50 bits per heavy atom. The van der Waals surface area contributed by atoms with Crippen molar-refractivity contribution in [3.05, 3.63) is 11.2 Å². The molecular formula is C12H17ClN4O2S. The molecule has 1 fully saturated rings. The zero-order chi connectivity index (χ0) is 14.7. The molecule has 110 valence electrons. The summed E-state index contributed by atoms with van der Waals surface area (Å²) < 4.78 is 12.5. The van der Waals surface area contributed by atoms with Crippen LogP contribution >= 0.6 is 11.6 Å². The Hall–Kier alpha value is -1.21. The number of halogens is 1. The Bertz CT molecular complexity index is 532. The monoisotopic (exact) mass is 316 g/mol. The molecule has 0 aromatic carbocycles. The summed E-state index contributed by atoms with van der Waals surface area (Å²) >= 11 is 5.91. The topological polar surface area (TPSA) is 75.2 Å². The molecule has 0 saturated carbocycles. The van der Waals surface area contributed by atoms with E-state index >= 15 is 0 Å². The fraction of sp³-hybridized carbons (Fsp3) is 0.583. The molecule has 1 aliphatic rings. The Morgan fingerprint density at radius 3 is 2.70 bits per heavy atom. The molecule has 6 nitrogen and oxygen atoms in total. The fourth-order valence-corrected chi connectivity index (χ4v) is 3.62. The lowest BCUT2D eigenvalue weighted by atomic mass is 10.1. The third-order valence-electron chi connectivity index (χ3n) is 3.33. The smallest absolute Gasteiger partial charge is 0.220 e. The quantitative estimate of drug-likeness (QED) is 0.850. The summed E-state index contributed by atoms with van der Waals surface area (Å²) in [6.07, 6.45) is 2.86. The number of aromatic nitrogens is 2.